The zero-order valence-corrected chi connectivity index (χ0v) is 11.5. The molecule has 2 aliphatic heterocycles. The summed E-state index contributed by atoms with van der Waals surface area (Å²) in [4.78, 5) is 50.1. The van der Waals surface area contributed by atoms with Crippen molar-refractivity contribution in [3.63, 3.8) is 0 Å². The molecule has 108 valence electrons. The first-order chi connectivity index (χ1) is 9.99. The van der Waals surface area contributed by atoms with Crippen molar-refractivity contribution in [2.75, 3.05) is 4.90 Å². The number of amides is 4. The lowest BCUT2D eigenvalue weighted by Gasteiger charge is -2.20. The second-order valence-electron chi connectivity index (χ2n) is 5.28. The number of hydrogen-bond acceptors (Lipinski definition) is 4. The zero-order chi connectivity index (χ0) is 15.1. The molecule has 2 fully saturated rings. The molecule has 6 heteroatoms. The maximum absolute atomic E-state index is 12.5. The fourth-order valence-corrected chi connectivity index (χ4v) is 2.80. The van der Waals surface area contributed by atoms with Crippen molar-refractivity contribution in [3.8, 4) is 0 Å². The number of carbonyl (C=O) groups excluding carboxylic acids is 4. The molecule has 1 unspecified atom stereocenters. The van der Waals surface area contributed by atoms with Gasteiger partial charge in [-0.2, -0.15) is 0 Å². The monoisotopic (exact) mass is 286 g/mol. The lowest BCUT2D eigenvalue weighted by molar-refractivity contribution is -0.144. The molecule has 6 nitrogen and oxygen atoms in total. The molecule has 0 N–H and O–H groups in total. The van der Waals surface area contributed by atoms with E-state index in [1.807, 2.05) is 13.0 Å². The van der Waals surface area contributed by atoms with Gasteiger partial charge in [0.05, 0.1) is 12.1 Å². The van der Waals surface area contributed by atoms with Gasteiger partial charge in [0.2, 0.25) is 17.7 Å². The van der Waals surface area contributed by atoms with Crippen LogP contribution in [0.25, 0.3) is 0 Å². The topological polar surface area (TPSA) is 74.8 Å². The van der Waals surface area contributed by atoms with Gasteiger partial charge >= 0.3 is 0 Å². The number of imide groups is 2. The molecule has 0 aliphatic carbocycles. The molecular formula is C15H14N2O4. The van der Waals surface area contributed by atoms with E-state index in [1.54, 1.807) is 18.2 Å². The molecule has 3 rings (SSSR count). The predicted molar refractivity (Wildman–Crippen MR) is 73.2 cm³/mol. The molecule has 0 radical (unpaired) electrons. The van der Waals surface area contributed by atoms with E-state index in [0.717, 1.165) is 15.4 Å². The Bertz CT molecular complexity index is 651. The van der Waals surface area contributed by atoms with Crippen molar-refractivity contribution < 1.29 is 19.2 Å². The van der Waals surface area contributed by atoms with Crippen LogP contribution in [0.4, 0.5) is 5.69 Å². The van der Waals surface area contributed by atoms with Gasteiger partial charge in [-0.1, -0.05) is 12.1 Å². The van der Waals surface area contributed by atoms with Crippen molar-refractivity contribution in [1.29, 1.82) is 0 Å². The van der Waals surface area contributed by atoms with Gasteiger partial charge in [0.15, 0.2) is 0 Å². The van der Waals surface area contributed by atoms with Crippen LogP contribution < -0.4 is 4.90 Å². The van der Waals surface area contributed by atoms with E-state index < -0.39 is 11.9 Å². The summed E-state index contributed by atoms with van der Waals surface area (Å²) in [6.45, 7) is 1.86. The summed E-state index contributed by atoms with van der Waals surface area (Å²) in [6.07, 6.45) is 0.0900. The van der Waals surface area contributed by atoms with Gasteiger partial charge in [-0.05, 0) is 24.6 Å². The number of aryl methyl sites for hydroxylation is 1. The first-order valence-corrected chi connectivity index (χ1v) is 6.77. The molecule has 4 amide bonds. The molecule has 2 saturated heterocycles. The minimum atomic E-state index is -0.986. The van der Waals surface area contributed by atoms with E-state index >= 15 is 0 Å². The highest BCUT2D eigenvalue weighted by Crippen LogP contribution is 2.28. The minimum Gasteiger partial charge on any atom is -0.274 e. The molecule has 2 aliphatic rings. The van der Waals surface area contributed by atoms with Crippen LogP contribution >= 0.6 is 0 Å². The second kappa shape index (κ2) is 4.80. The van der Waals surface area contributed by atoms with E-state index in [9.17, 15) is 19.2 Å². The molecule has 2 heterocycles. The van der Waals surface area contributed by atoms with Crippen LogP contribution in [-0.2, 0) is 19.2 Å². The van der Waals surface area contributed by atoms with Crippen molar-refractivity contribution >= 4 is 29.3 Å². The van der Waals surface area contributed by atoms with Crippen molar-refractivity contribution in [1.82, 2.24) is 4.90 Å². The zero-order valence-electron chi connectivity index (χ0n) is 11.5. The van der Waals surface area contributed by atoms with Gasteiger partial charge in [0, 0.05) is 12.8 Å². The van der Waals surface area contributed by atoms with Crippen molar-refractivity contribution in [3.05, 3.63) is 29.8 Å². The number of anilines is 1. The molecule has 0 bridgehead atoms. The Labute approximate surface area is 121 Å². The number of nitrogens with zero attached hydrogens (tertiary/aromatic N) is 2. The highest BCUT2D eigenvalue weighted by Gasteiger charge is 2.48. The lowest BCUT2D eigenvalue weighted by atomic mass is 10.2. The Morgan fingerprint density at radius 3 is 2.29 bits per heavy atom. The van der Waals surface area contributed by atoms with Gasteiger partial charge < -0.3 is 0 Å². The number of hydrogen-bond donors (Lipinski definition) is 0. The maximum atomic E-state index is 12.5. The summed E-state index contributed by atoms with van der Waals surface area (Å²) in [5, 5.41) is 0. The highest BCUT2D eigenvalue weighted by molar-refractivity contribution is 6.24. The Morgan fingerprint density at radius 1 is 1.00 bits per heavy atom. The summed E-state index contributed by atoms with van der Waals surface area (Å²) in [5.74, 6) is -1.65. The van der Waals surface area contributed by atoms with Crippen LogP contribution in [0.5, 0.6) is 0 Å². The Balaban J connectivity index is 1.92. The second-order valence-corrected chi connectivity index (χ2v) is 5.28. The van der Waals surface area contributed by atoms with Crippen LogP contribution in [0.15, 0.2) is 24.3 Å². The van der Waals surface area contributed by atoms with Crippen LogP contribution in [0.1, 0.15) is 24.8 Å². The first-order valence-electron chi connectivity index (χ1n) is 6.77. The Hall–Kier alpha value is -2.50. The van der Waals surface area contributed by atoms with E-state index in [2.05, 4.69) is 0 Å². The molecule has 0 aromatic heterocycles. The van der Waals surface area contributed by atoms with Crippen LogP contribution in [0.3, 0.4) is 0 Å². The third-order valence-corrected chi connectivity index (χ3v) is 3.78. The van der Waals surface area contributed by atoms with E-state index in [-0.39, 0.29) is 37.0 Å². The summed E-state index contributed by atoms with van der Waals surface area (Å²) in [7, 11) is 0. The van der Waals surface area contributed by atoms with E-state index in [0.29, 0.717) is 5.69 Å². The number of rotatable bonds is 2. The number of carbonyl (C=O) groups is 4. The third-order valence-electron chi connectivity index (χ3n) is 3.78. The average Bonchev–Trinajstić information content (AvgIpc) is 2.90. The van der Waals surface area contributed by atoms with Gasteiger partial charge in [0.25, 0.3) is 5.91 Å². The lowest BCUT2D eigenvalue weighted by Crippen LogP contribution is -2.44. The molecular weight excluding hydrogens is 272 g/mol. The Kier molecular flexibility index (Phi) is 3.08. The predicted octanol–water partition coefficient (Wildman–Crippen LogP) is 0.776. The molecule has 0 spiro atoms. The molecule has 1 aromatic rings. The normalized spacial score (nSPS) is 22.6. The van der Waals surface area contributed by atoms with Gasteiger partial charge in [-0.15, -0.1) is 0 Å². The van der Waals surface area contributed by atoms with E-state index in [4.69, 9.17) is 0 Å². The highest BCUT2D eigenvalue weighted by atomic mass is 16.2. The fourth-order valence-electron chi connectivity index (χ4n) is 2.80. The minimum absolute atomic E-state index is 0.112. The van der Waals surface area contributed by atoms with Gasteiger partial charge in [0.1, 0.15) is 6.04 Å². The fraction of sp³-hybridized carbons (Fsp3) is 0.333. The van der Waals surface area contributed by atoms with Gasteiger partial charge in [-0.25, -0.2) is 4.90 Å². The molecule has 1 atom stereocenters. The smallest absolute Gasteiger partial charge is 0.257 e. The summed E-state index contributed by atoms with van der Waals surface area (Å²) in [6, 6.07) is 6.02. The maximum Gasteiger partial charge on any atom is 0.257 e. The Morgan fingerprint density at radius 2 is 1.67 bits per heavy atom. The summed E-state index contributed by atoms with van der Waals surface area (Å²) >= 11 is 0. The van der Waals surface area contributed by atoms with Crippen LogP contribution in [-0.4, -0.2) is 34.6 Å². The number of benzene rings is 1. The average molecular weight is 286 g/mol. The molecule has 1 aromatic carbocycles. The largest absolute Gasteiger partial charge is 0.274 e. The van der Waals surface area contributed by atoms with Crippen molar-refractivity contribution in [2.24, 2.45) is 0 Å². The third kappa shape index (κ3) is 2.12. The standard InChI is InChI=1S/C15H14N2O4/c1-9-3-2-4-10(7-9)16-14(20)8-11(15(16)21)17-12(18)5-6-13(17)19/h2-4,7,11H,5-6,8H2,1H3. The summed E-state index contributed by atoms with van der Waals surface area (Å²) in [5.41, 5.74) is 1.40. The molecule has 0 saturated carbocycles. The SMILES string of the molecule is Cc1cccc(N2C(=O)CC(N3C(=O)CCC3=O)C2=O)c1. The number of likely N-dealkylation sites (tertiary alicyclic amines) is 1. The molecule has 21 heavy (non-hydrogen) atoms. The van der Waals surface area contributed by atoms with E-state index in [1.165, 1.54) is 0 Å². The van der Waals surface area contributed by atoms with Crippen LogP contribution in [0, 0.1) is 6.92 Å². The first kappa shape index (κ1) is 13.5. The van der Waals surface area contributed by atoms with Crippen LogP contribution in [0.2, 0.25) is 0 Å². The quantitative estimate of drug-likeness (QED) is 0.753. The summed E-state index contributed by atoms with van der Waals surface area (Å²) < 4.78 is 0. The van der Waals surface area contributed by atoms with Gasteiger partial charge in [-0.3, -0.25) is 24.1 Å². The van der Waals surface area contributed by atoms with Crippen molar-refractivity contribution in [2.45, 2.75) is 32.2 Å².